The van der Waals surface area contributed by atoms with Crippen molar-refractivity contribution in [1.29, 1.82) is 0 Å². The third-order valence-electron chi connectivity index (χ3n) is 5.08. The summed E-state index contributed by atoms with van der Waals surface area (Å²) in [7, 11) is 0. The monoisotopic (exact) mass is 358 g/mol. The molecule has 2 aromatic rings. The summed E-state index contributed by atoms with van der Waals surface area (Å²) in [6.07, 6.45) is 3.80. The van der Waals surface area contributed by atoms with Gasteiger partial charge in [0.05, 0.1) is 12.0 Å². The summed E-state index contributed by atoms with van der Waals surface area (Å²) in [4.78, 5) is 29.1. The molecule has 0 bridgehead atoms. The maximum absolute atomic E-state index is 12.4. The van der Waals surface area contributed by atoms with Crippen molar-refractivity contribution in [2.24, 2.45) is 0 Å². The third-order valence-corrected chi connectivity index (χ3v) is 5.08. The molecule has 3 rings (SSSR count). The molecule has 26 heavy (non-hydrogen) atoms. The number of carbonyl (C=O) groups excluding carboxylic acids is 1. The number of aromatic nitrogens is 2. The quantitative estimate of drug-likeness (QED) is 0.848. The molecule has 0 aromatic carbocycles. The first-order chi connectivity index (χ1) is 12.5. The van der Waals surface area contributed by atoms with E-state index in [0.29, 0.717) is 24.4 Å². The van der Waals surface area contributed by atoms with Gasteiger partial charge >= 0.3 is 5.63 Å². The molecule has 1 aliphatic heterocycles. The van der Waals surface area contributed by atoms with Crippen molar-refractivity contribution >= 4 is 5.91 Å². The molecule has 0 aliphatic carbocycles. The standard InChI is InChI=1S/C19H26N4O3/c1-12-9-16(15-5-4-6-20-10-15)26-19(25)17(12)18(24)21-7-8-23-11-22-13(2)14(23)3/h9,11,15,20H,4-8,10H2,1-3H3,(H,21,24). The van der Waals surface area contributed by atoms with Gasteiger partial charge in [-0.15, -0.1) is 0 Å². The molecule has 140 valence electrons. The Hall–Kier alpha value is -2.41. The van der Waals surface area contributed by atoms with Crippen LogP contribution >= 0.6 is 0 Å². The molecule has 1 saturated heterocycles. The van der Waals surface area contributed by atoms with Gasteiger partial charge < -0.3 is 19.6 Å². The Morgan fingerprint density at radius 3 is 2.85 bits per heavy atom. The number of nitrogens with one attached hydrogen (secondary N) is 2. The summed E-state index contributed by atoms with van der Waals surface area (Å²) in [5.74, 6) is 0.472. The Balaban J connectivity index is 1.67. The molecular weight excluding hydrogens is 332 g/mol. The van der Waals surface area contributed by atoms with Gasteiger partial charge in [0.15, 0.2) is 0 Å². The van der Waals surface area contributed by atoms with E-state index in [1.807, 2.05) is 24.5 Å². The predicted octanol–water partition coefficient (Wildman–Crippen LogP) is 1.66. The van der Waals surface area contributed by atoms with E-state index < -0.39 is 5.63 Å². The topological polar surface area (TPSA) is 89.2 Å². The minimum atomic E-state index is -0.558. The van der Waals surface area contributed by atoms with Crippen LogP contribution in [0.4, 0.5) is 0 Å². The smallest absolute Gasteiger partial charge is 0.349 e. The first kappa shape index (κ1) is 18.4. The average Bonchev–Trinajstić information content (AvgIpc) is 2.94. The Labute approximate surface area is 152 Å². The van der Waals surface area contributed by atoms with Gasteiger partial charge in [-0.25, -0.2) is 9.78 Å². The number of piperidine rings is 1. The molecule has 3 heterocycles. The van der Waals surface area contributed by atoms with E-state index in [1.165, 1.54) is 0 Å². The van der Waals surface area contributed by atoms with Gasteiger partial charge in [0.1, 0.15) is 11.3 Å². The van der Waals surface area contributed by atoms with E-state index in [4.69, 9.17) is 4.42 Å². The molecule has 2 aromatic heterocycles. The summed E-state index contributed by atoms with van der Waals surface area (Å²) < 4.78 is 7.44. The molecule has 1 amide bonds. The van der Waals surface area contributed by atoms with E-state index in [2.05, 4.69) is 15.6 Å². The Kier molecular flexibility index (Phi) is 5.56. The summed E-state index contributed by atoms with van der Waals surface area (Å²) in [6, 6.07) is 1.83. The molecule has 7 heteroatoms. The summed E-state index contributed by atoms with van der Waals surface area (Å²) >= 11 is 0. The van der Waals surface area contributed by atoms with Gasteiger partial charge in [-0.2, -0.15) is 0 Å². The van der Waals surface area contributed by atoms with Crippen LogP contribution in [-0.4, -0.2) is 35.1 Å². The van der Waals surface area contributed by atoms with Crippen molar-refractivity contribution in [2.75, 3.05) is 19.6 Å². The Morgan fingerprint density at radius 1 is 1.42 bits per heavy atom. The van der Waals surface area contributed by atoms with E-state index in [0.717, 1.165) is 37.3 Å². The van der Waals surface area contributed by atoms with Crippen molar-refractivity contribution in [3.8, 4) is 0 Å². The Bertz CT molecular complexity index is 847. The van der Waals surface area contributed by atoms with Crippen LogP contribution in [-0.2, 0) is 6.54 Å². The molecule has 0 saturated carbocycles. The second kappa shape index (κ2) is 7.86. The van der Waals surface area contributed by atoms with Crippen molar-refractivity contribution < 1.29 is 9.21 Å². The summed E-state index contributed by atoms with van der Waals surface area (Å²) in [5, 5.41) is 6.12. The second-order valence-corrected chi connectivity index (χ2v) is 6.90. The minimum Gasteiger partial charge on any atom is -0.427 e. The third kappa shape index (κ3) is 3.88. The van der Waals surface area contributed by atoms with Crippen molar-refractivity contribution in [1.82, 2.24) is 20.2 Å². The lowest BCUT2D eigenvalue weighted by Gasteiger charge is -2.22. The highest BCUT2D eigenvalue weighted by atomic mass is 16.4. The van der Waals surface area contributed by atoms with Crippen LogP contribution < -0.4 is 16.3 Å². The number of hydrogen-bond acceptors (Lipinski definition) is 5. The number of rotatable bonds is 5. The number of amides is 1. The van der Waals surface area contributed by atoms with E-state index in [-0.39, 0.29) is 17.4 Å². The Morgan fingerprint density at radius 2 is 2.23 bits per heavy atom. The van der Waals surface area contributed by atoms with Crippen LogP contribution in [0.5, 0.6) is 0 Å². The normalized spacial score (nSPS) is 17.3. The lowest BCUT2D eigenvalue weighted by molar-refractivity contribution is 0.0947. The fourth-order valence-electron chi connectivity index (χ4n) is 3.35. The molecule has 1 unspecified atom stereocenters. The van der Waals surface area contributed by atoms with E-state index in [9.17, 15) is 9.59 Å². The van der Waals surface area contributed by atoms with Gasteiger partial charge in [-0.1, -0.05) is 0 Å². The van der Waals surface area contributed by atoms with Crippen LogP contribution in [0, 0.1) is 20.8 Å². The molecule has 1 atom stereocenters. The number of carbonyl (C=O) groups is 1. The van der Waals surface area contributed by atoms with Gasteiger partial charge in [0.25, 0.3) is 5.91 Å². The average molecular weight is 358 g/mol. The van der Waals surface area contributed by atoms with Crippen molar-refractivity contribution in [3.63, 3.8) is 0 Å². The number of aryl methyl sites for hydroxylation is 2. The van der Waals surface area contributed by atoms with Crippen LogP contribution in [0.2, 0.25) is 0 Å². The van der Waals surface area contributed by atoms with Gasteiger partial charge in [-0.3, -0.25) is 4.79 Å². The molecule has 1 fully saturated rings. The molecule has 0 spiro atoms. The fraction of sp³-hybridized carbons (Fsp3) is 0.526. The minimum absolute atomic E-state index is 0.0936. The first-order valence-corrected chi connectivity index (χ1v) is 9.09. The van der Waals surface area contributed by atoms with E-state index in [1.54, 1.807) is 13.3 Å². The van der Waals surface area contributed by atoms with E-state index >= 15 is 0 Å². The molecule has 7 nitrogen and oxygen atoms in total. The molecule has 1 aliphatic rings. The highest BCUT2D eigenvalue weighted by Crippen LogP contribution is 2.23. The molecular formula is C19H26N4O3. The first-order valence-electron chi connectivity index (χ1n) is 9.09. The highest BCUT2D eigenvalue weighted by molar-refractivity contribution is 5.95. The largest absolute Gasteiger partial charge is 0.427 e. The SMILES string of the molecule is Cc1cc(C2CCCNC2)oc(=O)c1C(=O)NCCn1cnc(C)c1C. The number of nitrogens with zero attached hydrogens (tertiary/aromatic N) is 2. The zero-order valence-electron chi connectivity index (χ0n) is 15.6. The predicted molar refractivity (Wildman–Crippen MR) is 98.6 cm³/mol. The maximum Gasteiger partial charge on any atom is 0.349 e. The van der Waals surface area contributed by atoms with Gasteiger partial charge in [-0.05, 0) is 51.8 Å². The zero-order valence-corrected chi connectivity index (χ0v) is 15.6. The van der Waals surface area contributed by atoms with Gasteiger partial charge in [0.2, 0.25) is 0 Å². The highest BCUT2D eigenvalue weighted by Gasteiger charge is 2.22. The zero-order chi connectivity index (χ0) is 18.7. The van der Waals surface area contributed by atoms with Crippen LogP contribution in [0.15, 0.2) is 21.6 Å². The van der Waals surface area contributed by atoms with Crippen LogP contribution in [0.3, 0.4) is 0 Å². The van der Waals surface area contributed by atoms with Crippen LogP contribution in [0.25, 0.3) is 0 Å². The number of imidazole rings is 1. The molecule has 2 N–H and O–H groups in total. The summed E-state index contributed by atoms with van der Waals surface area (Å²) in [5.41, 5.74) is 2.24. The maximum atomic E-state index is 12.4. The van der Waals surface area contributed by atoms with Crippen molar-refractivity contribution in [3.05, 3.63) is 51.1 Å². The second-order valence-electron chi connectivity index (χ2n) is 6.90. The van der Waals surface area contributed by atoms with Crippen LogP contribution in [0.1, 0.15) is 51.8 Å². The number of hydrogen-bond donors (Lipinski definition) is 2. The fourth-order valence-corrected chi connectivity index (χ4v) is 3.35. The molecule has 0 radical (unpaired) electrons. The summed E-state index contributed by atoms with van der Waals surface area (Å²) in [6.45, 7) is 8.55. The van der Waals surface area contributed by atoms with Gasteiger partial charge in [0, 0.05) is 31.2 Å². The lowest BCUT2D eigenvalue weighted by atomic mass is 9.95. The van der Waals surface area contributed by atoms with Crippen molar-refractivity contribution in [2.45, 2.75) is 46.1 Å². The lowest BCUT2D eigenvalue weighted by Crippen LogP contribution is -2.33.